The fraction of sp³-hybridized carbons (Fsp3) is 0.357. The Hall–Kier alpha value is -1.75. The monoisotopic (exact) mass is 276 g/mol. The van der Waals surface area contributed by atoms with Crippen LogP contribution in [0.1, 0.15) is 26.5 Å². The van der Waals surface area contributed by atoms with Crippen molar-refractivity contribution in [1.82, 2.24) is 4.98 Å². The van der Waals surface area contributed by atoms with Gasteiger partial charge in [-0.05, 0) is 12.1 Å². The number of ether oxygens (including phenoxy) is 2. The van der Waals surface area contributed by atoms with Gasteiger partial charge < -0.3 is 14.8 Å². The molecule has 5 heteroatoms. The van der Waals surface area contributed by atoms with E-state index in [2.05, 4.69) is 36.5 Å². The molecule has 0 atom stereocenters. The van der Waals surface area contributed by atoms with Crippen LogP contribution in [0, 0.1) is 0 Å². The van der Waals surface area contributed by atoms with Crippen LogP contribution in [0.3, 0.4) is 0 Å². The normalized spacial score (nSPS) is 13.6. The minimum Gasteiger partial charge on any atom is -0.454 e. The van der Waals surface area contributed by atoms with E-state index in [1.807, 2.05) is 18.2 Å². The molecule has 0 radical (unpaired) electrons. The first-order chi connectivity index (χ1) is 9.02. The van der Waals surface area contributed by atoms with Crippen molar-refractivity contribution < 1.29 is 9.47 Å². The smallest absolute Gasteiger partial charge is 0.231 e. The van der Waals surface area contributed by atoms with Crippen LogP contribution >= 0.6 is 11.3 Å². The summed E-state index contributed by atoms with van der Waals surface area (Å²) in [6.45, 7) is 6.77. The predicted molar refractivity (Wildman–Crippen MR) is 76.7 cm³/mol. The zero-order valence-corrected chi connectivity index (χ0v) is 12.0. The summed E-state index contributed by atoms with van der Waals surface area (Å²) < 4.78 is 10.6. The third-order valence-corrected chi connectivity index (χ3v) is 3.65. The molecule has 1 aliphatic rings. The average molecular weight is 276 g/mol. The van der Waals surface area contributed by atoms with Crippen molar-refractivity contribution in [2.75, 3.05) is 12.1 Å². The Kier molecular flexibility index (Phi) is 2.86. The molecule has 1 N–H and O–H groups in total. The van der Waals surface area contributed by atoms with Gasteiger partial charge >= 0.3 is 0 Å². The number of nitrogens with zero attached hydrogens (tertiary/aromatic N) is 1. The van der Waals surface area contributed by atoms with E-state index in [-0.39, 0.29) is 5.41 Å². The van der Waals surface area contributed by atoms with Gasteiger partial charge in [-0.2, -0.15) is 0 Å². The predicted octanol–water partition coefficient (Wildman–Crippen LogP) is 3.91. The van der Waals surface area contributed by atoms with Gasteiger partial charge in [-0.3, -0.25) is 0 Å². The molecular weight excluding hydrogens is 260 g/mol. The lowest BCUT2D eigenvalue weighted by Crippen LogP contribution is -2.11. The van der Waals surface area contributed by atoms with Crippen molar-refractivity contribution >= 4 is 22.2 Å². The Balaban J connectivity index is 1.80. The van der Waals surface area contributed by atoms with Crippen molar-refractivity contribution in [2.24, 2.45) is 0 Å². The molecule has 0 unspecified atom stereocenters. The summed E-state index contributed by atoms with van der Waals surface area (Å²) >= 11 is 1.61. The molecule has 2 aromatic rings. The number of nitrogens with one attached hydrogen (secondary N) is 1. The van der Waals surface area contributed by atoms with Crippen LogP contribution in [0.15, 0.2) is 23.6 Å². The summed E-state index contributed by atoms with van der Waals surface area (Å²) in [7, 11) is 0. The molecule has 19 heavy (non-hydrogen) atoms. The Morgan fingerprint density at radius 1 is 1.21 bits per heavy atom. The SMILES string of the molecule is CC(C)(C)c1csc(Nc2ccc3c(c2)OCO3)n1. The lowest BCUT2D eigenvalue weighted by Gasteiger charge is -2.14. The zero-order valence-electron chi connectivity index (χ0n) is 11.2. The largest absolute Gasteiger partial charge is 0.454 e. The van der Waals surface area contributed by atoms with Gasteiger partial charge in [-0.25, -0.2) is 4.98 Å². The Bertz CT molecular complexity index is 602. The standard InChI is InChI=1S/C14H16N2O2S/c1-14(2,3)12-7-19-13(16-12)15-9-4-5-10-11(6-9)18-8-17-10/h4-7H,8H2,1-3H3,(H,15,16). The molecule has 1 aromatic heterocycles. The second-order valence-electron chi connectivity index (χ2n) is 5.48. The van der Waals surface area contributed by atoms with E-state index >= 15 is 0 Å². The van der Waals surface area contributed by atoms with E-state index in [9.17, 15) is 0 Å². The number of rotatable bonds is 2. The second kappa shape index (κ2) is 4.42. The number of thiazole rings is 1. The van der Waals surface area contributed by atoms with E-state index < -0.39 is 0 Å². The van der Waals surface area contributed by atoms with Crippen molar-refractivity contribution in [1.29, 1.82) is 0 Å². The fourth-order valence-corrected chi connectivity index (χ4v) is 2.73. The first-order valence-electron chi connectivity index (χ1n) is 6.15. The summed E-state index contributed by atoms with van der Waals surface area (Å²) in [6, 6.07) is 5.80. The van der Waals surface area contributed by atoms with Gasteiger partial charge in [0.2, 0.25) is 6.79 Å². The van der Waals surface area contributed by atoms with Crippen LogP contribution in [0.2, 0.25) is 0 Å². The molecule has 1 aromatic carbocycles. The zero-order chi connectivity index (χ0) is 13.5. The molecule has 3 rings (SSSR count). The molecule has 0 aliphatic carbocycles. The summed E-state index contributed by atoms with van der Waals surface area (Å²) in [5.41, 5.74) is 2.13. The van der Waals surface area contributed by atoms with E-state index in [1.165, 1.54) is 0 Å². The summed E-state index contributed by atoms with van der Waals surface area (Å²) in [6.07, 6.45) is 0. The minimum atomic E-state index is 0.0747. The molecule has 1 aliphatic heterocycles. The highest BCUT2D eigenvalue weighted by atomic mass is 32.1. The van der Waals surface area contributed by atoms with Crippen molar-refractivity contribution in [3.05, 3.63) is 29.3 Å². The van der Waals surface area contributed by atoms with Crippen LogP contribution in [-0.2, 0) is 5.41 Å². The van der Waals surface area contributed by atoms with Gasteiger partial charge in [0.15, 0.2) is 16.6 Å². The molecule has 0 saturated heterocycles. The highest BCUT2D eigenvalue weighted by Gasteiger charge is 2.18. The molecule has 0 fully saturated rings. The van der Waals surface area contributed by atoms with Crippen molar-refractivity contribution in [2.45, 2.75) is 26.2 Å². The minimum absolute atomic E-state index is 0.0747. The van der Waals surface area contributed by atoms with E-state index in [0.29, 0.717) is 6.79 Å². The van der Waals surface area contributed by atoms with E-state index in [4.69, 9.17) is 9.47 Å². The fourth-order valence-electron chi connectivity index (χ4n) is 1.77. The van der Waals surface area contributed by atoms with E-state index in [0.717, 1.165) is 28.0 Å². The highest BCUT2D eigenvalue weighted by Crippen LogP contribution is 2.36. The summed E-state index contributed by atoms with van der Waals surface area (Å²) in [5, 5.41) is 6.28. The van der Waals surface area contributed by atoms with Gasteiger partial charge in [-0.1, -0.05) is 20.8 Å². The number of aromatic nitrogens is 1. The maximum absolute atomic E-state index is 5.36. The van der Waals surface area contributed by atoms with Gasteiger partial charge in [0.05, 0.1) is 5.69 Å². The average Bonchev–Trinajstić information content (AvgIpc) is 2.95. The van der Waals surface area contributed by atoms with Crippen LogP contribution in [0.4, 0.5) is 10.8 Å². The Morgan fingerprint density at radius 3 is 2.74 bits per heavy atom. The number of hydrogen-bond acceptors (Lipinski definition) is 5. The van der Waals surface area contributed by atoms with Gasteiger partial charge in [0.1, 0.15) is 0 Å². The van der Waals surface area contributed by atoms with Crippen molar-refractivity contribution in [3.63, 3.8) is 0 Å². The van der Waals surface area contributed by atoms with Crippen LogP contribution in [0.25, 0.3) is 0 Å². The quantitative estimate of drug-likeness (QED) is 0.903. The maximum atomic E-state index is 5.36. The highest BCUT2D eigenvalue weighted by molar-refractivity contribution is 7.13. The molecule has 0 spiro atoms. The third kappa shape index (κ3) is 2.51. The van der Waals surface area contributed by atoms with Gasteiger partial charge in [0, 0.05) is 22.5 Å². The van der Waals surface area contributed by atoms with Crippen LogP contribution in [0.5, 0.6) is 11.5 Å². The summed E-state index contributed by atoms with van der Waals surface area (Å²) in [4.78, 5) is 4.61. The van der Waals surface area contributed by atoms with Crippen LogP contribution < -0.4 is 14.8 Å². The molecule has 100 valence electrons. The lowest BCUT2D eigenvalue weighted by molar-refractivity contribution is 0.174. The van der Waals surface area contributed by atoms with Crippen molar-refractivity contribution in [3.8, 4) is 11.5 Å². The Morgan fingerprint density at radius 2 is 2.00 bits per heavy atom. The molecular formula is C14H16N2O2S. The van der Waals surface area contributed by atoms with Gasteiger partial charge in [-0.15, -0.1) is 11.3 Å². The molecule has 0 saturated carbocycles. The number of hydrogen-bond donors (Lipinski definition) is 1. The molecule has 0 bridgehead atoms. The Labute approximate surface area is 116 Å². The summed E-state index contributed by atoms with van der Waals surface area (Å²) in [5.74, 6) is 1.57. The number of benzene rings is 1. The van der Waals surface area contributed by atoms with E-state index in [1.54, 1.807) is 11.3 Å². The maximum Gasteiger partial charge on any atom is 0.231 e. The molecule has 0 amide bonds. The second-order valence-corrected chi connectivity index (χ2v) is 6.34. The van der Waals surface area contributed by atoms with Gasteiger partial charge in [0.25, 0.3) is 0 Å². The van der Waals surface area contributed by atoms with Crippen LogP contribution in [-0.4, -0.2) is 11.8 Å². The topological polar surface area (TPSA) is 43.4 Å². The third-order valence-electron chi connectivity index (χ3n) is 2.90. The first kappa shape index (κ1) is 12.3. The molecule has 4 nitrogen and oxygen atoms in total. The number of anilines is 2. The lowest BCUT2D eigenvalue weighted by atomic mass is 9.93. The molecule has 2 heterocycles. The number of fused-ring (bicyclic) bond motifs is 1. The first-order valence-corrected chi connectivity index (χ1v) is 7.03.